The summed E-state index contributed by atoms with van der Waals surface area (Å²) >= 11 is 0. The van der Waals surface area contributed by atoms with Gasteiger partial charge in [-0.25, -0.2) is 8.78 Å². The van der Waals surface area contributed by atoms with Gasteiger partial charge in [-0.05, 0) is 95.8 Å². The second-order valence-corrected chi connectivity index (χ2v) is 14.7. The predicted molar refractivity (Wildman–Crippen MR) is 217 cm³/mol. The van der Waals surface area contributed by atoms with Gasteiger partial charge in [-0.1, -0.05) is 60.7 Å². The highest BCUT2D eigenvalue weighted by Gasteiger charge is 2.33. The van der Waals surface area contributed by atoms with E-state index in [1.165, 1.54) is 47.5 Å². The van der Waals surface area contributed by atoms with E-state index in [0.29, 0.717) is 83.8 Å². The lowest BCUT2D eigenvalue weighted by molar-refractivity contribution is 0.103. The number of aromatic nitrogens is 2. The van der Waals surface area contributed by atoms with Crippen molar-refractivity contribution in [3.8, 4) is 33.8 Å². The number of hydrogen-bond donors (Lipinski definition) is 4. The molecule has 56 heavy (non-hydrogen) atoms. The average molecular weight is 743 g/mol. The fourth-order valence-corrected chi connectivity index (χ4v) is 8.90. The van der Waals surface area contributed by atoms with Gasteiger partial charge in [-0.2, -0.15) is 0 Å². The molecule has 10 rings (SSSR count). The zero-order chi connectivity index (χ0) is 38.1. The van der Waals surface area contributed by atoms with Crippen molar-refractivity contribution in [3.05, 3.63) is 167 Å². The maximum absolute atomic E-state index is 15.5. The number of carbonyl (C=O) groups excluding carboxylic acids is 1. The molecule has 0 saturated carbocycles. The van der Waals surface area contributed by atoms with Gasteiger partial charge in [-0.15, -0.1) is 0 Å². The molecule has 0 unspecified atom stereocenters. The Morgan fingerprint density at radius 2 is 0.946 bits per heavy atom. The minimum absolute atomic E-state index is 0.0362. The Kier molecular flexibility index (Phi) is 7.92. The monoisotopic (exact) mass is 742 g/mol. The summed E-state index contributed by atoms with van der Waals surface area (Å²) in [5.41, 5.74) is 10.3. The van der Waals surface area contributed by atoms with Gasteiger partial charge >= 0.3 is 0 Å². The van der Waals surface area contributed by atoms with Crippen molar-refractivity contribution in [2.24, 2.45) is 0 Å². The summed E-state index contributed by atoms with van der Waals surface area (Å²) in [7, 11) is 0. The highest BCUT2D eigenvalue weighted by molar-refractivity contribution is 6.19. The largest absolute Gasteiger partial charge is 0.507 e. The Morgan fingerprint density at radius 1 is 0.536 bits per heavy atom. The Balaban J connectivity index is 1.16. The molecule has 8 aromatic rings. The number of phenolic OH excluding ortho intramolecular Hbond substituents is 2. The number of halogens is 2. The van der Waals surface area contributed by atoms with E-state index >= 15 is 4.79 Å². The summed E-state index contributed by atoms with van der Waals surface area (Å²) < 4.78 is 28.6. The summed E-state index contributed by atoms with van der Waals surface area (Å²) in [6.07, 6.45) is 1.40. The molecule has 0 aliphatic carbocycles. The molecule has 2 aliphatic rings. The number of carbonyl (C=O) groups is 1. The summed E-state index contributed by atoms with van der Waals surface area (Å²) in [6.45, 7) is 2.01. The van der Waals surface area contributed by atoms with Crippen LogP contribution in [0.3, 0.4) is 0 Å². The van der Waals surface area contributed by atoms with Crippen LogP contribution in [-0.2, 0) is 25.9 Å². The Hall–Kier alpha value is -6.87. The quantitative estimate of drug-likeness (QED) is 0.127. The first-order valence-corrected chi connectivity index (χ1v) is 18.8. The van der Waals surface area contributed by atoms with Crippen molar-refractivity contribution in [3.63, 3.8) is 0 Å². The highest BCUT2D eigenvalue weighted by atomic mass is 19.1. The van der Waals surface area contributed by atoms with Crippen molar-refractivity contribution in [2.75, 3.05) is 22.9 Å². The lowest BCUT2D eigenvalue weighted by Gasteiger charge is -2.34. The highest BCUT2D eigenvalue weighted by Crippen LogP contribution is 2.47. The van der Waals surface area contributed by atoms with Crippen LogP contribution in [-0.4, -0.2) is 39.1 Å². The molecule has 0 bridgehead atoms. The van der Waals surface area contributed by atoms with E-state index in [0.717, 1.165) is 33.2 Å². The van der Waals surface area contributed by atoms with Crippen LogP contribution in [0.1, 0.15) is 38.4 Å². The van der Waals surface area contributed by atoms with Crippen molar-refractivity contribution in [1.29, 1.82) is 0 Å². The summed E-state index contributed by atoms with van der Waals surface area (Å²) in [4.78, 5) is 26.9. The number of nitrogens with zero attached hydrogens (tertiary/aromatic N) is 2. The minimum Gasteiger partial charge on any atom is -0.507 e. The molecule has 2 aromatic heterocycles. The Labute approximate surface area is 321 Å². The first-order chi connectivity index (χ1) is 27.3. The SMILES string of the molecule is O=C(c1ccc(O)c(-c2ccc(F)cc2)c1N1CCc2c([nH]c3ccccc23)C1)c1ccc(O)c(-c2ccc(F)cc2)c1N1CCc2c([nH]c3ccccc23)C1. The molecule has 4 N–H and O–H groups in total. The van der Waals surface area contributed by atoms with Crippen molar-refractivity contribution in [2.45, 2.75) is 25.9 Å². The van der Waals surface area contributed by atoms with Crippen LogP contribution >= 0.6 is 0 Å². The van der Waals surface area contributed by atoms with E-state index in [9.17, 15) is 19.0 Å². The first-order valence-electron chi connectivity index (χ1n) is 18.8. The number of benzene rings is 6. The number of aromatic amines is 2. The maximum atomic E-state index is 15.5. The molecule has 0 amide bonds. The van der Waals surface area contributed by atoms with Gasteiger partial charge < -0.3 is 30.0 Å². The fourth-order valence-electron chi connectivity index (χ4n) is 8.90. The number of hydrogen-bond acceptors (Lipinski definition) is 5. The Bertz CT molecular complexity index is 2650. The van der Waals surface area contributed by atoms with Crippen LogP contribution in [0, 0.1) is 11.6 Å². The molecule has 7 nitrogen and oxygen atoms in total. The number of rotatable bonds is 6. The van der Waals surface area contributed by atoms with Crippen LogP contribution in [0.15, 0.2) is 121 Å². The predicted octanol–water partition coefficient (Wildman–Crippen LogP) is 10.0. The van der Waals surface area contributed by atoms with Gasteiger partial charge in [0.05, 0.1) is 24.5 Å². The third-order valence-corrected chi connectivity index (χ3v) is 11.5. The lowest BCUT2D eigenvalue weighted by Crippen LogP contribution is -2.33. The first kappa shape index (κ1) is 33.7. The second-order valence-electron chi connectivity index (χ2n) is 14.7. The standard InChI is InChI=1S/C47H36F2N4O3/c48-29-13-9-27(10-14-29)43-41(54)19-17-35(45(43)52-23-21-33-31-5-1-3-7-37(31)50-39(33)25-52)47(56)36-18-20-42(55)44(28-11-15-30(49)16-12-28)46(36)53-24-22-34-32-6-2-4-8-38(32)51-40(34)26-53/h1-20,50-51,54-55H,21-26H2. The molecular weight excluding hydrogens is 707 g/mol. The Morgan fingerprint density at radius 3 is 1.38 bits per heavy atom. The van der Waals surface area contributed by atoms with Crippen molar-refractivity contribution >= 4 is 39.0 Å². The summed E-state index contributed by atoms with van der Waals surface area (Å²) in [6, 6.07) is 34.6. The molecule has 4 heterocycles. The van der Waals surface area contributed by atoms with Gasteiger partial charge in [0, 0.05) is 68.5 Å². The molecular formula is C47H36F2N4O3. The van der Waals surface area contributed by atoms with Crippen LogP contribution in [0.25, 0.3) is 44.1 Å². The number of aromatic hydroxyl groups is 2. The third-order valence-electron chi connectivity index (χ3n) is 11.5. The number of ketones is 1. The smallest absolute Gasteiger partial charge is 0.197 e. The number of H-pyrrole nitrogens is 2. The second kappa shape index (κ2) is 13.2. The van der Waals surface area contributed by atoms with E-state index in [2.05, 4.69) is 44.0 Å². The fraction of sp³-hybridized carbons (Fsp3) is 0.128. The number of nitrogens with one attached hydrogen (secondary N) is 2. The van der Waals surface area contributed by atoms with Crippen LogP contribution in [0.4, 0.5) is 20.2 Å². The summed E-state index contributed by atoms with van der Waals surface area (Å²) in [5, 5.41) is 25.5. The molecule has 0 radical (unpaired) electrons. The third kappa shape index (κ3) is 5.49. The molecule has 0 saturated heterocycles. The van der Waals surface area contributed by atoms with E-state index < -0.39 is 11.6 Å². The molecule has 0 spiro atoms. The molecule has 0 fully saturated rings. The number of fused-ring (bicyclic) bond motifs is 6. The van der Waals surface area contributed by atoms with Crippen LogP contribution < -0.4 is 9.80 Å². The number of anilines is 2. The number of para-hydroxylation sites is 2. The molecule has 0 atom stereocenters. The zero-order valence-corrected chi connectivity index (χ0v) is 30.2. The molecule has 2 aliphatic heterocycles. The van der Waals surface area contributed by atoms with Gasteiger partial charge in [0.15, 0.2) is 5.78 Å². The lowest BCUT2D eigenvalue weighted by atomic mass is 9.89. The van der Waals surface area contributed by atoms with E-state index in [-0.39, 0.29) is 17.3 Å². The van der Waals surface area contributed by atoms with Gasteiger partial charge in [0.25, 0.3) is 0 Å². The molecule has 276 valence electrons. The zero-order valence-electron chi connectivity index (χ0n) is 30.2. The summed E-state index contributed by atoms with van der Waals surface area (Å²) in [5.74, 6) is -1.21. The van der Waals surface area contributed by atoms with Crippen LogP contribution in [0.2, 0.25) is 0 Å². The van der Waals surface area contributed by atoms with Crippen LogP contribution in [0.5, 0.6) is 11.5 Å². The van der Waals surface area contributed by atoms with Crippen molar-refractivity contribution < 1.29 is 23.8 Å². The number of phenols is 2. The maximum Gasteiger partial charge on any atom is 0.197 e. The van der Waals surface area contributed by atoms with Gasteiger partial charge in [0.1, 0.15) is 23.1 Å². The normalized spacial score (nSPS) is 14.0. The van der Waals surface area contributed by atoms with E-state index in [1.54, 1.807) is 36.4 Å². The van der Waals surface area contributed by atoms with E-state index in [1.807, 2.05) is 24.3 Å². The molecule has 9 heteroatoms. The topological polar surface area (TPSA) is 95.6 Å². The van der Waals surface area contributed by atoms with E-state index in [4.69, 9.17) is 0 Å². The van der Waals surface area contributed by atoms with Gasteiger partial charge in [-0.3, -0.25) is 4.79 Å². The van der Waals surface area contributed by atoms with Crippen molar-refractivity contribution in [1.82, 2.24) is 9.97 Å². The average Bonchev–Trinajstić information content (AvgIpc) is 3.79. The minimum atomic E-state index is -0.413. The molecule has 6 aromatic carbocycles. The van der Waals surface area contributed by atoms with Gasteiger partial charge in [0.2, 0.25) is 0 Å².